The van der Waals surface area contributed by atoms with Crippen molar-refractivity contribution in [2.45, 2.75) is 42.3 Å². The number of nitrogens with one attached hydrogen (secondary N) is 1. The third-order valence-corrected chi connectivity index (χ3v) is 5.50. The normalized spacial score (nSPS) is 23.1. The predicted molar refractivity (Wildman–Crippen MR) is 86.1 cm³/mol. The first kappa shape index (κ1) is 14.9. The number of halogens is 1. The van der Waals surface area contributed by atoms with Crippen LogP contribution in [0.25, 0.3) is 0 Å². The molecule has 1 aliphatic rings. The zero-order valence-corrected chi connectivity index (χ0v) is 13.6. The Balaban J connectivity index is 1.87. The van der Waals surface area contributed by atoms with E-state index in [9.17, 15) is 4.79 Å². The second-order valence-electron chi connectivity index (χ2n) is 5.01. The van der Waals surface area contributed by atoms with Gasteiger partial charge >= 0.3 is 0 Å². The molecular formula is C15H20BrNOS. The molecule has 104 valence electrons. The third-order valence-electron chi connectivity index (χ3n) is 3.71. The van der Waals surface area contributed by atoms with Crippen LogP contribution in [0.15, 0.2) is 24.3 Å². The van der Waals surface area contributed by atoms with Crippen molar-refractivity contribution in [3.63, 3.8) is 0 Å². The molecule has 0 bridgehead atoms. The maximum atomic E-state index is 12.1. The first-order valence-electron chi connectivity index (χ1n) is 6.71. The molecule has 1 aliphatic carbocycles. The summed E-state index contributed by atoms with van der Waals surface area (Å²) >= 11 is 5.36. The summed E-state index contributed by atoms with van der Waals surface area (Å²) in [4.78, 5) is 12.1. The van der Waals surface area contributed by atoms with E-state index in [0.717, 1.165) is 29.0 Å². The number of hydrogen-bond donors (Lipinski definition) is 1. The molecule has 2 rings (SSSR count). The Labute approximate surface area is 127 Å². The van der Waals surface area contributed by atoms with Crippen LogP contribution in [-0.2, 0) is 5.33 Å². The fourth-order valence-electron chi connectivity index (χ4n) is 2.46. The van der Waals surface area contributed by atoms with Crippen LogP contribution in [0.2, 0.25) is 0 Å². The summed E-state index contributed by atoms with van der Waals surface area (Å²) in [7, 11) is 0. The molecule has 1 amide bonds. The molecule has 1 N–H and O–H groups in total. The second-order valence-corrected chi connectivity index (χ2v) is 6.71. The van der Waals surface area contributed by atoms with Gasteiger partial charge in [-0.1, -0.05) is 28.1 Å². The van der Waals surface area contributed by atoms with E-state index < -0.39 is 0 Å². The quantitative estimate of drug-likeness (QED) is 0.839. The Morgan fingerprint density at radius 2 is 1.89 bits per heavy atom. The zero-order valence-electron chi connectivity index (χ0n) is 11.2. The van der Waals surface area contributed by atoms with Gasteiger partial charge in [-0.15, -0.1) is 0 Å². The highest BCUT2D eigenvalue weighted by atomic mass is 79.9. The number of benzene rings is 1. The van der Waals surface area contributed by atoms with E-state index in [-0.39, 0.29) is 5.91 Å². The minimum Gasteiger partial charge on any atom is -0.349 e. The van der Waals surface area contributed by atoms with Gasteiger partial charge in [-0.25, -0.2) is 0 Å². The van der Waals surface area contributed by atoms with E-state index in [1.165, 1.54) is 18.4 Å². The number of carbonyl (C=O) groups is 1. The average molecular weight is 342 g/mol. The van der Waals surface area contributed by atoms with Crippen LogP contribution in [0.5, 0.6) is 0 Å². The minimum absolute atomic E-state index is 0.0636. The molecule has 0 aliphatic heterocycles. The van der Waals surface area contributed by atoms with Gasteiger partial charge in [-0.3, -0.25) is 4.79 Å². The lowest BCUT2D eigenvalue weighted by atomic mass is 9.94. The molecule has 0 aromatic heterocycles. The minimum atomic E-state index is 0.0636. The molecule has 1 aromatic rings. The highest BCUT2D eigenvalue weighted by Gasteiger charge is 2.21. The molecule has 0 unspecified atom stereocenters. The topological polar surface area (TPSA) is 29.1 Å². The van der Waals surface area contributed by atoms with Crippen LogP contribution in [0.1, 0.15) is 41.6 Å². The predicted octanol–water partition coefficient (Wildman–Crippen LogP) is 3.99. The summed E-state index contributed by atoms with van der Waals surface area (Å²) in [5.74, 6) is 0.0636. The molecule has 1 fully saturated rings. The van der Waals surface area contributed by atoms with E-state index in [1.54, 1.807) is 0 Å². The van der Waals surface area contributed by atoms with E-state index in [2.05, 4.69) is 27.5 Å². The van der Waals surface area contributed by atoms with Crippen molar-refractivity contribution < 1.29 is 4.79 Å². The largest absolute Gasteiger partial charge is 0.349 e. The van der Waals surface area contributed by atoms with Crippen molar-refractivity contribution in [1.82, 2.24) is 5.32 Å². The first-order valence-corrected chi connectivity index (χ1v) is 9.12. The molecule has 0 saturated heterocycles. The summed E-state index contributed by atoms with van der Waals surface area (Å²) in [6, 6.07) is 8.15. The summed E-state index contributed by atoms with van der Waals surface area (Å²) in [6.45, 7) is 0. The fourth-order valence-corrected chi connectivity index (χ4v) is 3.57. The summed E-state index contributed by atoms with van der Waals surface area (Å²) < 4.78 is 0. The number of rotatable bonds is 4. The Bertz CT molecular complexity index is 413. The van der Waals surface area contributed by atoms with Crippen molar-refractivity contribution in [3.8, 4) is 0 Å². The number of carbonyl (C=O) groups excluding carboxylic acids is 1. The number of alkyl halides is 1. The highest BCUT2D eigenvalue weighted by Crippen LogP contribution is 2.26. The van der Waals surface area contributed by atoms with Gasteiger partial charge in [0.25, 0.3) is 5.91 Å². The Morgan fingerprint density at radius 3 is 2.42 bits per heavy atom. The van der Waals surface area contributed by atoms with Crippen LogP contribution in [0, 0.1) is 0 Å². The third kappa shape index (κ3) is 4.25. The first-order chi connectivity index (χ1) is 9.22. The monoisotopic (exact) mass is 341 g/mol. The number of thioether (sulfide) groups is 1. The molecule has 0 radical (unpaired) electrons. The maximum Gasteiger partial charge on any atom is 0.251 e. The van der Waals surface area contributed by atoms with Gasteiger partial charge in [0.2, 0.25) is 0 Å². The summed E-state index contributed by atoms with van der Waals surface area (Å²) in [6.07, 6.45) is 6.83. The molecule has 0 atom stereocenters. The van der Waals surface area contributed by atoms with E-state index >= 15 is 0 Å². The van der Waals surface area contributed by atoms with Crippen molar-refractivity contribution >= 4 is 33.6 Å². The molecule has 1 saturated carbocycles. The van der Waals surface area contributed by atoms with Gasteiger partial charge in [0.05, 0.1) is 0 Å². The lowest BCUT2D eigenvalue weighted by Crippen LogP contribution is -2.38. The maximum absolute atomic E-state index is 12.1. The average Bonchev–Trinajstić information content (AvgIpc) is 2.48. The lowest BCUT2D eigenvalue weighted by molar-refractivity contribution is 0.0928. The van der Waals surface area contributed by atoms with Crippen molar-refractivity contribution in [3.05, 3.63) is 35.4 Å². The smallest absolute Gasteiger partial charge is 0.251 e. The Hall–Kier alpha value is -0.480. The Kier molecular flexibility index (Phi) is 5.76. The molecule has 1 aromatic carbocycles. The fraction of sp³-hybridized carbons (Fsp3) is 0.533. The zero-order chi connectivity index (χ0) is 13.7. The van der Waals surface area contributed by atoms with E-state index in [4.69, 9.17) is 0 Å². The lowest BCUT2D eigenvalue weighted by Gasteiger charge is -2.28. The SMILES string of the molecule is CSC1CCC(NC(=O)c2ccc(CBr)cc2)CC1. The molecule has 0 heterocycles. The molecule has 4 heteroatoms. The second kappa shape index (κ2) is 7.34. The van der Waals surface area contributed by atoms with Gasteiger partial charge in [0.1, 0.15) is 0 Å². The molecular weight excluding hydrogens is 322 g/mol. The van der Waals surface area contributed by atoms with Crippen LogP contribution >= 0.6 is 27.7 Å². The van der Waals surface area contributed by atoms with E-state index in [1.807, 2.05) is 36.0 Å². The molecule has 0 spiro atoms. The van der Waals surface area contributed by atoms with Crippen molar-refractivity contribution in [2.24, 2.45) is 0 Å². The van der Waals surface area contributed by atoms with Crippen LogP contribution in [0.4, 0.5) is 0 Å². The van der Waals surface area contributed by atoms with Crippen LogP contribution in [-0.4, -0.2) is 23.5 Å². The number of hydrogen-bond acceptors (Lipinski definition) is 2. The van der Waals surface area contributed by atoms with E-state index in [0.29, 0.717) is 6.04 Å². The van der Waals surface area contributed by atoms with Crippen LogP contribution in [0.3, 0.4) is 0 Å². The standard InChI is InChI=1S/C15H20BrNOS/c1-19-14-8-6-13(7-9-14)17-15(18)12-4-2-11(10-16)3-5-12/h2-5,13-14H,6-10H2,1H3,(H,17,18). The highest BCUT2D eigenvalue weighted by molar-refractivity contribution is 9.08. The van der Waals surface area contributed by atoms with Gasteiger partial charge in [-0.05, 0) is 49.6 Å². The van der Waals surface area contributed by atoms with Gasteiger partial charge in [0.15, 0.2) is 0 Å². The van der Waals surface area contributed by atoms with Crippen molar-refractivity contribution in [2.75, 3.05) is 6.26 Å². The molecule has 19 heavy (non-hydrogen) atoms. The Morgan fingerprint density at radius 1 is 1.26 bits per heavy atom. The number of amides is 1. The summed E-state index contributed by atoms with van der Waals surface area (Å²) in [5, 5.41) is 4.77. The van der Waals surface area contributed by atoms with Crippen LogP contribution < -0.4 is 5.32 Å². The van der Waals surface area contributed by atoms with Gasteiger partial charge in [0, 0.05) is 22.2 Å². The summed E-state index contributed by atoms with van der Waals surface area (Å²) in [5.41, 5.74) is 1.95. The van der Waals surface area contributed by atoms with Gasteiger partial charge < -0.3 is 5.32 Å². The van der Waals surface area contributed by atoms with Crippen molar-refractivity contribution in [1.29, 1.82) is 0 Å². The molecule has 2 nitrogen and oxygen atoms in total. The van der Waals surface area contributed by atoms with Gasteiger partial charge in [-0.2, -0.15) is 11.8 Å².